The lowest BCUT2D eigenvalue weighted by Gasteiger charge is -2.22. The fourth-order valence-corrected chi connectivity index (χ4v) is 1.86. The summed E-state index contributed by atoms with van der Waals surface area (Å²) in [6.45, 7) is 5.84. The van der Waals surface area contributed by atoms with E-state index in [4.69, 9.17) is 5.11 Å². The highest BCUT2D eigenvalue weighted by Crippen LogP contribution is 2.16. The number of rotatable bonds is 5. The molecule has 1 aromatic rings. The molecule has 0 spiro atoms. The lowest BCUT2D eigenvalue weighted by molar-refractivity contribution is 0.0916. The number of phenols is 1. The molecule has 100 valence electrons. The molecule has 1 unspecified atom stereocenters. The van der Waals surface area contributed by atoms with E-state index in [-0.39, 0.29) is 30.2 Å². The Bertz CT molecular complexity index is 416. The fraction of sp³-hybridized carbons (Fsp3) is 0.500. The van der Waals surface area contributed by atoms with Gasteiger partial charge in [0.2, 0.25) is 0 Å². The molecule has 0 radical (unpaired) electrons. The Hall–Kier alpha value is -1.55. The summed E-state index contributed by atoms with van der Waals surface area (Å²) in [6.07, 6.45) is 0.542. The van der Waals surface area contributed by atoms with E-state index in [0.717, 1.165) is 5.56 Å². The first kappa shape index (κ1) is 14.5. The van der Waals surface area contributed by atoms with Crippen molar-refractivity contribution in [2.45, 2.75) is 33.2 Å². The maximum absolute atomic E-state index is 12.1. The van der Waals surface area contributed by atoms with Gasteiger partial charge in [-0.25, -0.2) is 0 Å². The molecule has 0 aliphatic heterocycles. The molecule has 0 aliphatic carbocycles. The van der Waals surface area contributed by atoms with Crippen LogP contribution in [0.5, 0.6) is 5.75 Å². The highest BCUT2D eigenvalue weighted by Gasteiger charge is 2.17. The normalized spacial score (nSPS) is 12.5. The molecular weight excluding hydrogens is 230 g/mol. The zero-order valence-corrected chi connectivity index (χ0v) is 11.1. The molecule has 0 heterocycles. The third kappa shape index (κ3) is 3.74. The summed E-state index contributed by atoms with van der Waals surface area (Å²) in [5.41, 5.74) is 1.29. The van der Waals surface area contributed by atoms with Crippen LogP contribution in [0.15, 0.2) is 18.2 Å². The van der Waals surface area contributed by atoms with Gasteiger partial charge < -0.3 is 15.5 Å². The molecule has 18 heavy (non-hydrogen) atoms. The Labute approximate surface area is 108 Å². The molecular formula is C14H21NO3. The van der Waals surface area contributed by atoms with E-state index in [9.17, 15) is 9.90 Å². The number of carbonyl (C=O) groups is 1. The van der Waals surface area contributed by atoms with Crippen molar-refractivity contribution < 1.29 is 15.0 Å². The van der Waals surface area contributed by atoms with Gasteiger partial charge in [-0.05, 0) is 43.0 Å². The largest absolute Gasteiger partial charge is 0.508 e. The molecule has 0 fully saturated rings. The van der Waals surface area contributed by atoms with Crippen LogP contribution in [-0.4, -0.2) is 28.8 Å². The second-order valence-electron chi connectivity index (χ2n) is 4.84. The zero-order chi connectivity index (χ0) is 13.7. The van der Waals surface area contributed by atoms with E-state index in [1.807, 2.05) is 13.8 Å². The molecule has 1 atom stereocenters. The van der Waals surface area contributed by atoms with Gasteiger partial charge in [0.05, 0.1) is 0 Å². The highest BCUT2D eigenvalue weighted by atomic mass is 16.3. The van der Waals surface area contributed by atoms with Crippen molar-refractivity contribution in [2.24, 2.45) is 5.92 Å². The smallest absolute Gasteiger partial charge is 0.251 e. The van der Waals surface area contributed by atoms with Gasteiger partial charge in [0.25, 0.3) is 5.91 Å². The average Bonchev–Trinajstić information content (AvgIpc) is 2.27. The van der Waals surface area contributed by atoms with Crippen molar-refractivity contribution in [3.8, 4) is 5.75 Å². The van der Waals surface area contributed by atoms with E-state index in [1.54, 1.807) is 19.1 Å². The Kier molecular flexibility index (Phi) is 5.16. The zero-order valence-electron chi connectivity index (χ0n) is 11.1. The summed E-state index contributed by atoms with van der Waals surface area (Å²) in [6, 6.07) is 4.62. The second kappa shape index (κ2) is 6.40. The minimum atomic E-state index is -0.167. The third-order valence-corrected chi connectivity index (χ3v) is 3.02. The Morgan fingerprint density at radius 3 is 2.56 bits per heavy atom. The maximum Gasteiger partial charge on any atom is 0.251 e. The van der Waals surface area contributed by atoms with Gasteiger partial charge in [0.15, 0.2) is 0 Å². The fourth-order valence-electron chi connectivity index (χ4n) is 1.86. The summed E-state index contributed by atoms with van der Waals surface area (Å²) in [4.78, 5) is 12.1. The number of nitrogens with one attached hydrogen (secondary N) is 1. The summed E-state index contributed by atoms with van der Waals surface area (Å²) >= 11 is 0. The number of aryl methyl sites for hydroxylation is 1. The van der Waals surface area contributed by atoms with Gasteiger partial charge in [-0.2, -0.15) is 0 Å². The van der Waals surface area contributed by atoms with Gasteiger partial charge in [-0.3, -0.25) is 4.79 Å². The second-order valence-corrected chi connectivity index (χ2v) is 4.84. The Morgan fingerprint density at radius 2 is 2.06 bits per heavy atom. The molecule has 1 aromatic carbocycles. The van der Waals surface area contributed by atoms with Crippen LogP contribution in [0.3, 0.4) is 0 Å². The summed E-state index contributed by atoms with van der Waals surface area (Å²) in [7, 11) is 0. The summed E-state index contributed by atoms with van der Waals surface area (Å²) in [5, 5.41) is 21.2. The van der Waals surface area contributed by atoms with Crippen molar-refractivity contribution in [1.29, 1.82) is 0 Å². The van der Waals surface area contributed by atoms with E-state index in [2.05, 4.69) is 5.32 Å². The first-order valence-corrected chi connectivity index (χ1v) is 6.17. The molecule has 0 bridgehead atoms. The van der Waals surface area contributed by atoms with Gasteiger partial charge >= 0.3 is 0 Å². The lowest BCUT2D eigenvalue weighted by atomic mass is 10.00. The number of hydrogen-bond donors (Lipinski definition) is 3. The predicted octanol–water partition coefficient (Wildman–Crippen LogP) is 1.84. The molecule has 0 aromatic heterocycles. The number of amides is 1. The first-order chi connectivity index (χ1) is 8.45. The number of carbonyl (C=O) groups excluding carboxylic acids is 1. The number of aliphatic hydroxyl groups excluding tert-OH is 1. The Morgan fingerprint density at radius 1 is 1.39 bits per heavy atom. The number of aromatic hydroxyl groups is 1. The van der Waals surface area contributed by atoms with E-state index >= 15 is 0 Å². The van der Waals surface area contributed by atoms with Crippen molar-refractivity contribution in [3.63, 3.8) is 0 Å². The monoisotopic (exact) mass is 251 g/mol. The van der Waals surface area contributed by atoms with Crippen molar-refractivity contribution >= 4 is 5.91 Å². The number of aliphatic hydroxyl groups is 1. The molecule has 0 aliphatic rings. The minimum absolute atomic E-state index is 0.0456. The van der Waals surface area contributed by atoms with Gasteiger partial charge in [0.1, 0.15) is 5.75 Å². The molecule has 4 heteroatoms. The van der Waals surface area contributed by atoms with Crippen LogP contribution < -0.4 is 5.32 Å². The van der Waals surface area contributed by atoms with Crippen molar-refractivity contribution in [1.82, 2.24) is 5.32 Å². The average molecular weight is 251 g/mol. The standard InChI is InChI=1S/C14H21NO3/c1-9(2)13(6-7-16)15-14(18)12-5-4-11(17)8-10(12)3/h4-5,8-9,13,16-17H,6-7H2,1-3H3,(H,15,18). The van der Waals surface area contributed by atoms with Crippen LogP contribution in [0.25, 0.3) is 0 Å². The van der Waals surface area contributed by atoms with Crippen LogP contribution in [0.2, 0.25) is 0 Å². The molecule has 0 saturated carbocycles. The first-order valence-electron chi connectivity index (χ1n) is 6.17. The van der Waals surface area contributed by atoms with Crippen molar-refractivity contribution in [3.05, 3.63) is 29.3 Å². The van der Waals surface area contributed by atoms with E-state index < -0.39 is 0 Å². The topological polar surface area (TPSA) is 69.6 Å². The van der Waals surface area contributed by atoms with Crippen LogP contribution in [0, 0.1) is 12.8 Å². The van der Waals surface area contributed by atoms with Gasteiger partial charge in [-0.1, -0.05) is 13.8 Å². The minimum Gasteiger partial charge on any atom is -0.508 e. The van der Waals surface area contributed by atoms with Crippen LogP contribution in [0.4, 0.5) is 0 Å². The SMILES string of the molecule is Cc1cc(O)ccc1C(=O)NC(CCO)C(C)C. The highest BCUT2D eigenvalue weighted by molar-refractivity contribution is 5.96. The maximum atomic E-state index is 12.1. The molecule has 3 N–H and O–H groups in total. The number of hydrogen-bond acceptors (Lipinski definition) is 3. The third-order valence-electron chi connectivity index (χ3n) is 3.02. The number of phenolic OH excluding ortho intramolecular Hbond substituents is 1. The van der Waals surface area contributed by atoms with Crippen LogP contribution in [-0.2, 0) is 0 Å². The van der Waals surface area contributed by atoms with Crippen molar-refractivity contribution in [2.75, 3.05) is 6.61 Å². The quantitative estimate of drug-likeness (QED) is 0.748. The van der Waals surface area contributed by atoms with E-state index in [0.29, 0.717) is 12.0 Å². The number of benzene rings is 1. The summed E-state index contributed by atoms with van der Waals surface area (Å²) < 4.78 is 0. The lowest BCUT2D eigenvalue weighted by Crippen LogP contribution is -2.39. The van der Waals surface area contributed by atoms with Crippen LogP contribution >= 0.6 is 0 Å². The Balaban J connectivity index is 2.80. The molecule has 1 rings (SSSR count). The van der Waals surface area contributed by atoms with Gasteiger partial charge in [0, 0.05) is 18.2 Å². The summed E-state index contributed by atoms with van der Waals surface area (Å²) in [5.74, 6) is 0.248. The molecule has 4 nitrogen and oxygen atoms in total. The van der Waals surface area contributed by atoms with Gasteiger partial charge in [-0.15, -0.1) is 0 Å². The molecule has 1 amide bonds. The van der Waals surface area contributed by atoms with Crippen LogP contribution in [0.1, 0.15) is 36.2 Å². The predicted molar refractivity (Wildman–Crippen MR) is 70.6 cm³/mol. The molecule has 0 saturated heterocycles. The van der Waals surface area contributed by atoms with E-state index in [1.165, 1.54) is 6.07 Å².